The fourth-order valence-corrected chi connectivity index (χ4v) is 4.24. The van der Waals surface area contributed by atoms with Gasteiger partial charge in [0.15, 0.2) is 0 Å². The number of pyridine rings is 1. The van der Waals surface area contributed by atoms with E-state index in [0.29, 0.717) is 11.8 Å². The van der Waals surface area contributed by atoms with Crippen molar-refractivity contribution < 1.29 is 0 Å². The molecule has 0 aromatic carbocycles. The molecule has 0 unspecified atom stereocenters. The topological polar surface area (TPSA) is 51.8 Å². The Hall–Kier alpha value is -2.47. The third-order valence-corrected chi connectivity index (χ3v) is 5.29. The molecule has 0 radical (unpaired) electrons. The number of likely N-dealkylation sites (tertiary alicyclic amines) is 1. The average Bonchev–Trinajstić information content (AvgIpc) is 3.31. The van der Waals surface area contributed by atoms with Crippen LogP contribution < -0.4 is 0 Å². The van der Waals surface area contributed by atoms with Gasteiger partial charge in [-0.05, 0) is 12.1 Å². The van der Waals surface area contributed by atoms with Crippen LogP contribution in [-0.2, 0) is 20.1 Å². The molecule has 0 spiro atoms. The maximum Gasteiger partial charge on any atom is 0.113 e. The molecule has 0 saturated carbocycles. The quantitative estimate of drug-likeness (QED) is 0.740. The molecule has 1 fully saturated rings. The van der Waals surface area contributed by atoms with Gasteiger partial charge in [0.25, 0.3) is 0 Å². The van der Waals surface area contributed by atoms with Gasteiger partial charge < -0.3 is 4.57 Å². The van der Waals surface area contributed by atoms with E-state index in [9.17, 15) is 0 Å². The van der Waals surface area contributed by atoms with E-state index in [-0.39, 0.29) is 0 Å². The van der Waals surface area contributed by atoms with Crippen molar-refractivity contribution in [1.82, 2.24) is 29.2 Å². The highest BCUT2D eigenvalue weighted by Crippen LogP contribution is 2.41. The van der Waals surface area contributed by atoms with Crippen molar-refractivity contribution >= 4 is 0 Å². The highest BCUT2D eigenvalue weighted by Gasteiger charge is 2.42. The molecular weight excluding hydrogens is 300 g/mol. The van der Waals surface area contributed by atoms with Crippen molar-refractivity contribution in [1.29, 1.82) is 0 Å². The zero-order valence-electron chi connectivity index (χ0n) is 13.7. The Balaban J connectivity index is 1.37. The summed E-state index contributed by atoms with van der Waals surface area (Å²) in [5.41, 5.74) is 3.72. The van der Waals surface area contributed by atoms with E-state index in [1.165, 1.54) is 22.6 Å². The lowest BCUT2D eigenvalue weighted by atomic mass is 9.99. The van der Waals surface area contributed by atoms with Crippen molar-refractivity contribution in [2.45, 2.75) is 19.0 Å². The van der Waals surface area contributed by atoms with Crippen molar-refractivity contribution in [3.63, 3.8) is 0 Å². The Labute approximate surface area is 140 Å². The summed E-state index contributed by atoms with van der Waals surface area (Å²) in [4.78, 5) is 11.4. The van der Waals surface area contributed by atoms with Crippen molar-refractivity contribution in [3.05, 3.63) is 54.5 Å². The van der Waals surface area contributed by atoms with Gasteiger partial charge in [0.1, 0.15) is 5.82 Å². The summed E-state index contributed by atoms with van der Waals surface area (Å²) < 4.78 is 4.28. The first-order valence-electron chi connectivity index (χ1n) is 8.43. The first-order chi connectivity index (χ1) is 11.8. The van der Waals surface area contributed by atoms with Crippen LogP contribution in [0.1, 0.15) is 17.3 Å². The van der Waals surface area contributed by atoms with Gasteiger partial charge in [-0.25, -0.2) is 4.98 Å². The molecule has 2 aliphatic rings. The second kappa shape index (κ2) is 5.27. The minimum atomic E-state index is 0.553. The van der Waals surface area contributed by atoms with E-state index in [1.54, 1.807) is 0 Å². The lowest BCUT2D eigenvalue weighted by Crippen LogP contribution is -2.22. The summed E-state index contributed by atoms with van der Waals surface area (Å²) in [5.74, 6) is 2.48. The lowest BCUT2D eigenvalue weighted by Gasteiger charge is -2.16. The summed E-state index contributed by atoms with van der Waals surface area (Å²) in [5, 5.41) is 4.27. The van der Waals surface area contributed by atoms with Crippen LogP contribution in [0.15, 0.2) is 43.1 Å². The van der Waals surface area contributed by atoms with Crippen molar-refractivity contribution in [2.75, 3.05) is 13.1 Å². The molecular formula is C18H20N6. The molecule has 0 aliphatic carbocycles. The molecule has 0 amide bonds. The number of fused-ring (bicyclic) bond motifs is 3. The zero-order chi connectivity index (χ0) is 16.1. The highest BCUT2D eigenvalue weighted by molar-refractivity contribution is 5.59. The summed E-state index contributed by atoms with van der Waals surface area (Å²) in [6.07, 6.45) is 9.79. The number of nitrogens with zero attached hydrogens (tertiary/aromatic N) is 6. The second-order valence-corrected chi connectivity index (χ2v) is 6.93. The second-order valence-electron chi connectivity index (χ2n) is 6.93. The Morgan fingerprint density at radius 1 is 1.12 bits per heavy atom. The molecule has 6 heteroatoms. The van der Waals surface area contributed by atoms with Gasteiger partial charge in [-0.3, -0.25) is 14.6 Å². The molecule has 3 aromatic heterocycles. The molecule has 3 aromatic rings. The van der Waals surface area contributed by atoms with Crippen LogP contribution in [0.2, 0.25) is 0 Å². The molecule has 1 saturated heterocycles. The normalized spacial score (nSPS) is 22.7. The zero-order valence-corrected chi connectivity index (χ0v) is 13.7. The van der Waals surface area contributed by atoms with Gasteiger partial charge in [-0.1, -0.05) is 0 Å². The Morgan fingerprint density at radius 3 is 2.79 bits per heavy atom. The van der Waals surface area contributed by atoms with Crippen LogP contribution in [0.3, 0.4) is 0 Å². The Kier molecular flexibility index (Phi) is 3.06. The summed E-state index contributed by atoms with van der Waals surface area (Å²) >= 11 is 0. The van der Waals surface area contributed by atoms with Crippen LogP contribution in [0.25, 0.3) is 11.3 Å². The van der Waals surface area contributed by atoms with Gasteiger partial charge >= 0.3 is 0 Å². The van der Waals surface area contributed by atoms with E-state index in [4.69, 9.17) is 4.98 Å². The maximum absolute atomic E-state index is 4.76. The van der Waals surface area contributed by atoms with E-state index in [2.05, 4.69) is 37.9 Å². The molecule has 122 valence electrons. The molecule has 5 rings (SSSR count). The molecule has 2 atom stereocenters. The van der Waals surface area contributed by atoms with E-state index < -0.39 is 0 Å². The van der Waals surface area contributed by atoms with Crippen LogP contribution in [0.4, 0.5) is 0 Å². The van der Waals surface area contributed by atoms with Crippen LogP contribution in [0, 0.1) is 5.92 Å². The largest absolute Gasteiger partial charge is 0.327 e. The molecule has 6 nitrogen and oxygen atoms in total. The van der Waals surface area contributed by atoms with Crippen molar-refractivity contribution in [2.24, 2.45) is 13.0 Å². The fourth-order valence-electron chi connectivity index (χ4n) is 4.24. The van der Waals surface area contributed by atoms with Crippen molar-refractivity contribution in [3.8, 4) is 11.3 Å². The molecule has 5 heterocycles. The number of hydrogen-bond donors (Lipinski definition) is 0. The van der Waals surface area contributed by atoms with Gasteiger partial charge in [-0.15, -0.1) is 0 Å². The van der Waals surface area contributed by atoms with Crippen LogP contribution >= 0.6 is 0 Å². The molecule has 0 bridgehead atoms. The third-order valence-electron chi connectivity index (χ3n) is 5.29. The standard InChI is InChI=1S/C18H20N6/c1-22-8-13(6-21-22)9-23-10-15-11-24-17(14-2-4-19-5-3-14)7-20-18(24)16(15)12-23/h2-8,15-16H,9-12H2,1H3/t15-,16-/m1/s1. The summed E-state index contributed by atoms with van der Waals surface area (Å²) in [6.45, 7) is 4.28. The molecule has 24 heavy (non-hydrogen) atoms. The Bertz CT molecular complexity index is 865. The minimum absolute atomic E-state index is 0.553. The van der Waals surface area contributed by atoms with Crippen LogP contribution in [-0.4, -0.2) is 42.3 Å². The number of aryl methyl sites for hydroxylation is 1. The number of rotatable bonds is 3. The lowest BCUT2D eigenvalue weighted by molar-refractivity contribution is 0.306. The van der Waals surface area contributed by atoms with E-state index in [0.717, 1.165) is 26.2 Å². The van der Waals surface area contributed by atoms with E-state index >= 15 is 0 Å². The SMILES string of the molecule is Cn1cc(CN2C[C@@H]3Cn4c(-c5ccncc5)cnc4[C@@H]3C2)cn1. The maximum atomic E-state index is 4.76. The Morgan fingerprint density at radius 2 is 2.00 bits per heavy atom. The van der Waals surface area contributed by atoms with Gasteiger partial charge in [-0.2, -0.15) is 5.10 Å². The summed E-state index contributed by atoms with van der Waals surface area (Å²) in [6, 6.07) is 4.13. The van der Waals surface area contributed by atoms with Crippen LogP contribution in [0.5, 0.6) is 0 Å². The molecule has 0 N–H and O–H groups in total. The van der Waals surface area contributed by atoms with Gasteiger partial charge in [0.05, 0.1) is 18.1 Å². The third kappa shape index (κ3) is 2.17. The number of imidazole rings is 1. The predicted octanol–water partition coefficient (Wildman–Crippen LogP) is 1.91. The van der Waals surface area contributed by atoms with Gasteiger partial charge in [0.2, 0.25) is 0 Å². The number of aromatic nitrogens is 5. The minimum Gasteiger partial charge on any atom is -0.327 e. The monoisotopic (exact) mass is 320 g/mol. The molecule has 2 aliphatic heterocycles. The van der Waals surface area contributed by atoms with E-state index in [1.807, 2.05) is 36.5 Å². The van der Waals surface area contributed by atoms with Gasteiger partial charge in [0, 0.05) is 74.8 Å². The highest BCUT2D eigenvalue weighted by atomic mass is 15.3. The first kappa shape index (κ1) is 13.9. The predicted molar refractivity (Wildman–Crippen MR) is 90.2 cm³/mol. The summed E-state index contributed by atoms with van der Waals surface area (Å²) in [7, 11) is 1.97. The smallest absolute Gasteiger partial charge is 0.113 e. The number of hydrogen-bond acceptors (Lipinski definition) is 4. The fraction of sp³-hybridized carbons (Fsp3) is 0.389. The average molecular weight is 320 g/mol. The first-order valence-corrected chi connectivity index (χ1v) is 8.43.